The van der Waals surface area contributed by atoms with Crippen molar-refractivity contribution in [2.24, 2.45) is 0 Å². The lowest BCUT2D eigenvalue weighted by Crippen LogP contribution is -2.33. The Morgan fingerprint density at radius 3 is 2.56 bits per heavy atom. The molecule has 1 unspecified atom stereocenters. The summed E-state index contributed by atoms with van der Waals surface area (Å²) in [5.74, 6) is -0.732. The number of amides is 1. The zero-order valence-corrected chi connectivity index (χ0v) is 21.4. The predicted molar refractivity (Wildman–Crippen MR) is 145 cm³/mol. The molecule has 0 aliphatic carbocycles. The summed E-state index contributed by atoms with van der Waals surface area (Å²) in [5, 5.41) is 12.4. The highest BCUT2D eigenvalue weighted by atomic mass is 19.1. The minimum absolute atomic E-state index is 0.112. The number of H-pyrrole nitrogens is 1. The van der Waals surface area contributed by atoms with E-state index in [-0.39, 0.29) is 29.4 Å². The SMILES string of the molecule is O=C(NCc1ccc(F)cc1)c1nc(-c2ccc(CN3CCCCC3c3cccnc3)cc2)[nH]c(=O)c1CO. The molecule has 3 N–H and O–H groups in total. The number of hydrogen-bond donors (Lipinski definition) is 3. The number of aromatic amines is 1. The number of hydrogen-bond acceptors (Lipinski definition) is 6. The number of aliphatic hydroxyl groups is 1. The lowest BCUT2D eigenvalue weighted by Gasteiger charge is -2.36. The van der Waals surface area contributed by atoms with E-state index in [4.69, 9.17) is 0 Å². The maximum atomic E-state index is 13.2. The molecule has 9 heteroatoms. The van der Waals surface area contributed by atoms with Crippen molar-refractivity contribution in [3.05, 3.63) is 117 Å². The van der Waals surface area contributed by atoms with Crippen molar-refractivity contribution in [3.63, 3.8) is 0 Å². The van der Waals surface area contributed by atoms with Gasteiger partial charge in [-0.3, -0.25) is 19.5 Å². The van der Waals surface area contributed by atoms with Gasteiger partial charge in [0.2, 0.25) is 0 Å². The summed E-state index contributed by atoms with van der Waals surface area (Å²) in [7, 11) is 0. The average molecular weight is 528 g/mol. The first kappa shape index (κ1) is 26.4. The Bertz CT molecular complexity index is 1470. The topological polar surface area (TPSA) is 111 Å². The zero-order chi connectivity index (χ0) is 27.2. The van der Waals surface area contributed by atoms with Crippen molar-refractivity contribution in [1.82, 2.24) is 25.2 Å². The van der Waals surface area contributed by atoms with E-state index in [0.29, 0.717) is 17.2 Å². The highest BCUT2D eigenvalue weighted by Crippen LogP contribution is 2.32. The highest BCUT2D eigenvalue weighted by molar-refractivity contribution is 5.94. The number of carbonyl (C=O) groups excluding carboxylic acids is 1. The van der Waals surface area contributed by atoms with E-state index in [1.54, 1.807) is 18.3 Å². The summed E-state index contributed by atoms with van der Waals surface area (Å²) in [5.41, 5.74) is 2.86. The molecule has 1 aliphatic rings. The largest absolute Gasteiger partial charge is 0.391 e. The predicted octanol–water partition coefficient (Wildman–Crippen LogP) is 4.12. The van der Waals surface area contributed by atoms with E-state index >= 15 is 0 Å². The Labute approximate surface area is 225 Å². The minimum atomic E-state index is -0.630. The summed E-state index contributed by atoms with van der Waals surface area (Å²) in [6, 6.07) is 17.9. The highest BCUT2D eigenvalue weighted by Gasteiger charge is 2.24. The molecule has 1 atom stereocenters. The van der Waals surface area contributed by atoms with Gasteiger partial charge in [0.25, 0.3) is 11.5 Å². The van der Waals surface area contributed by atoms with Crippen molar-refractivity contribution in [2.45, 2.75) is 45.0 Å². The Kier molecular flexibility index (Phi) is 8.19. The molecule has 1 amide bonds. The third-order valence-electron chi connectivity index (χ3n) is 7.05. The number of aliphatic hydroxyl groups excluding tert-OH is 1. The summed E-state index contributed by atoms with van der Waals surface area (Å²) < 4.78 is 13.2. The minimum Gasteiger partial charge on any atom is -0.391 e. The molecule has 1 saturated heterocycles. The van der Waals surface area contributed by atoms with E-state index in [1.807, 2.05) is 36.5 Å². The first-order valence-corrected chi connectivity index (χ1v) is 13.0. The van der Waals surface area contributed by atoms with Crippen LogP contribution in [-0.2, 0) is 19.7 Å². The van der Waals surface area contributed by atoms with Gasteiger partial charge in [-0.05, 0) is 54.3 Å². The monoisotopic (exact) mass is 527 g/mol. The van der Waals surface area contributed by atoms with E-state index < -0.39 is 18.1 Å². The Morgan fingerprint density at radius 2 is 1.85 bits per heavy atom. The van der Waals surface area contributed by atoms with Gasteiger partial charge in [-0.15, -0.1) is 0 Å². The smallest absolute Gasteiger partial charge is 0.270 e. The Hall–Kier alpha value is -4.21. The molecule has 4 aromatic rings. The van der Waals surface area contributed by atoms with Gasteiger partial charge in [0.1, 0.15) is 17.3 Å². The van der Waals surface area contributed by atoms with Crippen LogP contribution in [0, 0.1) is 5.82 Å². The second kappa shape index (κ2) is 12.1. The molecule has 3 heterocycles. The number of rotatable bonds is 8. The molecule has 0 radical (unpaired) electrons. The first-order valence-electron chi connectivity index (χ1n) is 13.0. The van der Waals surface area contributed by atoms with Crippen LogP contribution >= 0.6 is 0 Å². The van der Waals surface area contributed by atoms with Gasteiger partial charge < -0.3 is 15.4 Å². The molecule has 0 spiro atoms. The van der Waals surface area contributed by atoms with E-state index in [1.165, 1.54) is 24.1 Å². The van der Waals surface area contributed by atoms with Crippen molar-refractivity contribution in [3.8, 4) is 11.4 Å². The van der Waals surface area contributed by atoms with Gasteiger partial charge in [0, 0.05) is 37.1 Å². The summed E-state index contributed by atoms with van der Waals surface area (Å²) in [6.45, 7) is 1.29. The fourth-order valence-corrected chi connectivity index (χ4v) is 4.97. The summed E-state index contributed by atoms with van der Waals surface area (Å²) >= 11 is 0. The third-order valence-corrected chi connectivity index (χ3v) is 7.05. The standard InChI is InChI=1S/C30H30FN5O3/c31-24-12-8-20(9-13-24)16-33-30(39)27-25(19-37)29(38)35-28(34-27)22-10-6-21(7-11-22)18-36-15-2-1-5-26(36)23-4-3-14-32-17-23/h3-4,6-14,17,26,37H,1-2,5,15-16,18-19H2,(H,33,39)(H,34,35,38). The van der Waals surface area contributed by atoms with Gasteiger partial charge in [-0.25, -0.2) is 9.37 Å². The summed E-state index contributed by atoms with van der Waals surface area (Å²) in [6.07, 6.45) is 7.18. The van der Waals surface area contributed by atoms with Crippen LogP contribution in [-0.4, -0.2) is 37.4 Å². The van der Waals surface area contributed by atoms with Crippen molar-refractivity contribution >= 4 is 5.91 Å². The number of nitrogens with one attached hydrogen (secondary N) is 2. The molecule has 39 heavy (non-hydrogen) atoms. The molecule has 1 fully saturated rings. The normalized spacial score (nSPS) is 15.7. The maximum absolute atomic E-state index is 13.2. The molecule has 0 saturated carbocycles. The van der Waals surface area contributed by atoms with Crippen molar-refractivity contribution < 1.29 is 14.3 Å². The number of pyridine rings is 1. The van der Waals surface area contributed by atoms with Crippen LogP contribution in [0.1, 0.15) is 58.0 Å². The van der Waals surface area contributed by atoms with Gasteiger partial charge in [0.15, 0.2) is 0 Å². The summed E-state index contributed by atoms with van der Waals surface area (Å²) in [4.78, 5) is 39.4. The van der Waals surface area contributed by atoms with Crippen LogP contribution in [0.15, 0.2) is 77.9 Å². The maximum Gasteiger partial charge on any atom is 0.270 e. The van der Waals surface area contributed by atoms with Crippen molar-refractivity contribution in [2.75, 3.05) is 6.54 Å². The Morgan fingerprint density at radius 1 is 1.08 bits per heavy atom. The molecule has 0 bridgehead atoms. The first-order chi connectivity index (χ1) is 19.0. The van der Waals surface area contributed by atoms with Crippen molar-refractivity contribution in [1.29, 1.82) is 0 Å². The number of halogens is 1. The number of carbonyl (C=O) groups is 1. The molecule has 2 aromatic carbocycles. The Balaban J connectivity index is 1.33. The quantitative estimate of drug-likeness (QED) is 0.318. The molecule has 200 valence electrons. The number of aromatic nitrogens is 3. The lowest BCUT2D eigenvalue weighted by atomic mass is 9.95. The van der Waals surface area contributed by atoms with Gasteiger partial charge in [-0.2, -0.15) is 0 Å². The number of likely N-dealkylation sites (tertiary alicyclic amines) is 1. The van der Waals surface area contributed by atoms with Crippen LogP contribution < -0.4 is 10.9 Å². The van der Waals surface area contributed by atoms with Crippen LogP contribution in [0.3, 0.4) is 0 Å². The number of nitrogens with zero attached hydrogens (tertiary/aromatic N) is 3. The van der Waals surface area contributed by atoms with Crippen LogP contribution in [0.2, 0.25) is 0 Å². The van der Waals surface area contributed by atoms with Crippen LogP contribution in [0.25, 0.3) is 11.4 Å². The zero-order valence-electron chi connectivity index (χ0n) is 21.4. The molecule has 1 aliphatic heterocycles. The number of piperidine rings is 1. The van der Waals surface area contributed by atoms with E-state index in [9.17, 15) is 19.1 Å². The second-order valence-electron chi connectivity index (χ2n) is 9.67. The average Bonchev–Trinajstić information content (AvgIpc) is 2.97. The van der Waals surface area contributed by atoms with Crippen LogP contribution in [0.4, 0.5) is 4.39 Å². The molecular weight excluding hydrogens is 497 g/mol. The molecular formula is C30H30FN5O3. The second-order valence-corrected chi connectivity index (χ2v) is 9.67. The molecule has 5 rings (SSSR count). The van der Waals surface area contributed by atoms with Crippen LogP contribution in [0.5, 0.6) is 0 Å². The molecule has 2 aromatic heterocycles. The van der Waals surface area contributed by atoms with Gasteiger partial charge in [-0.1, -0.05) is 48.9 Å². The molecule has 8 nitrogen and oxygen atoms in total. The van der Waals surface area contributed by atoms with E-state index in [0.717, 1.165) is 31.5 Å². The third kappa shape index (κ3) is 6.27. The number of benzene rings is 2. The fraction of sp³-hybridized carbons (Fsp3) is 0.267. The fourth-order valence-electron chi connectivity index (χ4n) is 4.97. The van der Waals surface area contributed by atoms with Gasteiger partial charge >= 0.3 is 0 Å². The van der Waals surface area contributed by atoms with Gasteiger partial charge in [0.05, 0.1) is 12.2 Å². The lowest BCUT2D eigenvalue weighted by molar-refractivity contribution is 0.0942. The van der Waals surface area contributed by atoms with E-state index in [2.05, 4.69) is 31.2 Å².